The van der Waals surface area contributed by atoms with Gasteiger partial charge < -0.3 is 4.74 Å². The van der Waals surface area contributed by atoms with E-state index in [1.54, 1.807) is 18.2 Å². The van der Waals surface area contributed by atoms with Crippen molar-refractivity contribution in [1.82, 2.24) is 4.31 Å². The molecule has 0 saturated carbocycles. The lowest BCUT2D eigenvalue weighted by Crippen LogP contribution is -2.51. The maximum atomic E-state index is 12.6. The van der Waals surface area contributed by atoms with Crippen LogP contribution in [0.3, 0.4) is 0 Å². The zero-order valence-corrected chi connectivity index (χ0v) is 11.8. The predicted molar refractivity (Wildman–Crippen MR) is 69.9 cm³/mol. The number of morpholine rings is 1. The van der Waals surface area contributed by atoms with Gasteiger partial charge >= 0.3 is 0 Å². The van der Waals surface area contributed by atoms with E-state index in [-0.39, 0.29) is 12.1 Å². The first kappa shape index (κ1) is 13.5. The minimum Gasteiger partial charge on any atom is -0.375 e. The van der Waals surface area contributed by atoms with Gasteiger partial charge in [-0.1, -0.05) is 12.1 Å². The zero-order chi connectivity index (χ0) is 13.3. The summed E-state index contributed by atoms with van der Waals surface area (Å²) < 4.78 is 32.1. The van der Waals surface area contributed by atoms with E-state index in [9.17, 15) is 8.42 Å². The van der Waals surface area contributed by atoms with Crippen molar-refractivity contribution in [3.05, 3.63) is 29.8 Å². The van der Waals surface area contributed by atoms with Crippen LogP contribution in [0.2, 0.25) is 0 Å². The molecule has 1 aliphatic rings. The Kier molecular flexibility index (Phi) is 3.75. The Balaban J connectivity index is 2.36. The van der Waals surface area contributed by atoms with Crippen molar-refractivity contribution in [1.29, 1.82) is 0 Å². The van der Waals surface area contributed by atoms with Crippen LogP contribution in [0.5, 0.6) is 0 Å². The maximum absolute atomic E-state index is 12.6. The van der Waals surface area contributed by atoms with E-state index in [2.05, 4.69) is 0 Å². The molecule has 1 saturated heterocycles. The van der Waals surface area contributed by atoms with Gasteiger partial charge in [-0.2, -0.15) is 4.31 Å². The molecule has 2 atom stereocenters. The van der Waals surface area contributed by atoms with Gasteiger partial charge in [0.15, 0.2) is 0 Å². The fourth-order valence-corrected chi connectivity index (χ4v) is 3.94. The maximum Gasteiger partial charge on any atom is 0.243 e. The highest BCUT2D eigenvalue weighted by atomic mass is 32.2. The van der Waals surface area contributed by atoms with Crippen LogP contribution in [-0.2, 0) is 14.8 Å². The van der Waals surface area contributed by atoms with Gasteiger partial charge in [-0.15, -0.1) is 0 Å². The lowest BCUT2D eigenvalue weighted by atomic mass is 10.2. The van der Waals surface area contributed by atoms with Gasteiger partial charge in [-0.25, -0.2) is 8.42 Å². The first-order valence-corrected chi connectivity index (χ1v) is 7.57. The van der Waals surface area contributed by atoms with Crippen LogP contribution in [0.4, 0.5) is 0 Å². The third-order valence-corrected chi connectivity index (χ3v) is 5.40. The van der Waals surface area contributed by atoms with Crippen molar-refractivity contribution < 1.29 is 13.2 Å². The van der Waals surface area contributed by atoms with E-state index in [1.807, 2.05) is 26.8 Å². The smallest absolute Gasteiger partial charge is 0.243 e. The van der Waals surface area contributed by atoms with Crippen LogP contribution in [0.15, 0.2) is 29.2 Å². The molecule has 4 nitrogen and oxygen atoms in total. The molecule has 100 valence electrons. The van der Waals surface area contributed by atoms with Crippen LogP contribution < -0.4 is 0 Å². The van der Waals surface area contributed by atoms with Crippen LogP contribution in [-0.4, -0.2) is 38.0 Å². The van der Waals surface area contributed by atoms with E-state index < -0.39 is 10.0 Å². The van der Waals surface area contributed by atoms with Crippen molar-refractivity contribution in [3.63, 3.8) is 0 Å². The molecule has 1 fully saturated rings. The second-order valence-electron chi connectivity index (χ2n) is 4.75. The molecular formula is C13H19NO3S. The summed E-state index contributed by atoms with van der Waals surface area (Å²) in [5.41, 5.74) is 0.949. The quantitative estimate of drug-likeness (QED) is 0.822. The van der Waals surface area contributed by atoms with Gasteiger partial charge in [0.2, 0.25) is 10.0 Å². The average molecular weight is 269 g/mol. The molecule has 1 aromatic carbocycles. The van der Waals surface area contributed by atoms with Gasteiger partial charge in [-0.05, 0) is 38.5 Å². The summed E-state index contributed by atoms with van der Waals surface area (Å²) in [4.78, 5) is 0.364. The Morgan fingerprint density at radius 3 is 2.72 bits per heavy atom. The fourth-order valence-electron chi connectivity index (χ4n) is 2.16. The van der Waals surface area contributed by atoms with Gasteiger partial charge in [0, 0.05) is 12.6 Å². The largest absolute Gasteiger partial charge is 0.375 e. The van der Waals surface area contributed by atoms with Gasteiger partial charge in [0.1, 0.15) is 0 Å². The van der Waals surface area contributed by atoms with Crippen LogP contribution in [0.25, 0.3) is 0 Å². The average Bonchev–Trinajstić information content (AvgIpc) is 2.32. The molecule has 1 heterocycles. The SMILES string of the molecule is Cc1cccc(S(=O)(=O)N2CCOC(C)C2C)c1. The zero-order valence-electron chi connectivity index (χ0n) is 11.0. The van der Waals surface area contributed by atoms with E-state index in [0.717, 1.165) is 5.56 Å². The summed E-state index contributed by atoms with van der Waals surface area (Å²) in [7, 11) is -3.41. The number of benzene rings is 1. The second-order valence-corrected chi connectivity index (χ2v) is 6.64. The Hall–Kier alpha value is -0.910. The van der Waals surface area contributed by atoms with Crippen molar-refractivity contribution >= 4 is 10.0 Å². The number of ether oxygens (including phenoxy) is 1. The molecule has 0 spiro atoms. The highest BCUT2D eigenvalue weighted by molar-refractivity contribution is 7.89. The van der Waals surface area contributed by atoms with Gasteiger partial charge in [-0.3, -0.25) is 0 Å². The number of rotatable bonds is 2. The van der Waals surface area contributed by atoms with E-state index in [0.29, 0.717) is 18.0 Å². The first-order valence-electron chi connectivity index (χ1n) is 6.13. The predicted octanol–water partition coefficient (Wildman–Crippen LogP) is 1.79. The second kappa shape index (κ2) is 4.99. The summed E-state index contributed by atoms with van der Waals surface area (Å²) in [6.07, 6.45) is -0.0710. The summed E-state index contributed by atoms with van der Waals surface area (Å²) in [6.45, 7) is 6.56. The standard InChI is InChI=1S/C13H19NO3S/c1-10-5-4-6-13(9-10)18(15,16)14-7-8-17-12(3)11(14)2/h4-6,9,11-12H,7-8H2,1-3H3. The lowest BCUT2D eigenvalue weighted by Gasteiger charge is -2.36. The molecule has 2 unspecified atom stereocenters. The number of sulfonamides is 1. The van der Waals surface area contributed by atoms with Crippen molar-refractivity contribution in [2.75, 3.05) is 13.2 Å². The normalized spacial score (nSPS) is 26.2. The van der Waals surface area contributed by atoms with Crippen LogP contribution in [0.1, 0.15) is 19.4 Å². The van der Waals surface area contributed by atoms with Gasteiger partial charge in [0.05, 0.1) is 17.6 Å². The van der Waals surface area contributed by atoms with Crippen molar-refractivity contribution in [2.24, 2.45) is 0 Å². The lowest BCUT2D eigenvalue weighted by molar-refractivity contribution is -0.0232. The summed E-state index contributed by atoms with van der Waals surface area (Å²) in [6, 6.07) is 6.89. The fraction of sp³-hybridized carbons (Fsp3) is 0.538. The molecule has 18 heavy (non-hydrogen) atoms. The minimum atomic E-state index is -3.41. The molecule has 2 rings (SSSR count). The third kappa shape index (κ3) is 2.43. The number of hydrogen-bond acceptors (Lipinski definition) is 3. The molecule has 1 aromatic rings. The van der Waals surface area contributed by atoms with E-state index >= 15 is 0 Å². The Bertz CT molecular complexity index is 527. The minimum absolute atomic E-state index is 0.0710. The molecule has 5 heteroatoms. The van der Waals surface area contributed by atoms with Crippen molar-refractivity contribution in [3.8, 4) is 0 Å². The van der Waals surface area contributed by atoms with E-state index in [4.69, 9.17) is 4.74 Å². The molecule has 0 amide bonds. The van der Waals surface area contributed by atoms with Gasteiger partial charge in [0.25, 0.3) is 0 Å². The molecule has 0 N–H and O–H groups in total. The Labute approximate surface area is 109 Å². The molecule has 1 aliphatic heterocycles. The molecule has 0 aliphatic carbocycles. The summed E-state index contributed by atoms with van der Waals surface area (Å²) in [5.74, 6) is 0. The number of aryl methyl sites for hydroxylation is 1. The topological polar surface area (TPSA) is 46.6 Å². The molecule has 0 radical (unpaired) electrons. The Morgan fingerprint density at radius 1 is 1.33 bits per heavy atom. The number of nitrogens with zero attached hydrogens (tertiary/aromatic N) is 1. The van der Waals surface area contributed by atoms with Crippen LogP contribution in [0, 0.1) is 6.92 Å². The number of hydrogen-bond donors (Lipinski definition) is 0. The third-order valence-electron chi connectivity index (χ3n) is 3.42. The summed E-state index contributed by atoms with van der Waals surface area (Å²) in [5, 5.41) is 0. The van der Waals surface area contributed by atoms with E-state index in [1.165, 1.54) is 4.31 Å². The van der Waals surface area contributed by atoms with Crippen LogP contribution >= 0.6 is 0 Å². The van der Waals surface area contributed by atoms with Crippen molar-refractivity contribution in [2.45, 2.75) is 37.8 Å². The highest BCUT2D eigenvalue weighted by Gasteiger charge is 2.35. The summed E-state index contributed by atoms with van der Waals surface area (Å²) >= 11 is 0. The molecule has 0 bridgehead atoms. The Morgan fingerprint density at radius 2 is 2.06 bits per heavy atom. The first-order chi connectivity index (χ1) is 8.43. The monoisotopic (exact) mass is 269 g/mol. The molecular weight excluding hydrogens is 250 g/mol. The molecule has 0 aromatic heterocycles. The highest BCUT2D eigenvalue weighted by Crippen LogP contribution is 2.23.